The molecule has 5 unspecified atom stereocenters. The highest BCUT2D eigenvalue weighted by Gasteiger charge is 2.80. The van der Waals surface area contributed by atoms with Gasteiger partial charge in [-0.15, -0.1) is 0 Å². The minimum Gasteiger partial charge on any atom is -0.493 e. The number of carbonyl (C=O) groups is 1. The molecule has 3 aromatic rings. The van der Waals surface area contributed by atoms with Crippen molar-refractivity contribution in [1.82, 2.24) is 14.7 Å². The van der Waals surface area contributed by atoms with Crippen molar-refractivity contribution in [2.24, 2.45) is 29.1 Å². The molecule has 3 N–H and O–H groups in total. The maximum absolute atomic E-state index is 14.6. The topological polar surface area (TPSA) is 128 Å². The minimum absolute atomic E-state index is 0. The number of rotatable bonds is 8. The third-order valence-electron chi connectivity index (χ3n) is 9.37. The van der Waals surface area contributed by atoms with Crippen LogP contribution in [0.5, 0.6) is 5.75 Å². The van der Waals surface area contributed by atoms with Crippen molar-refractivity contribution in [3.8, 4) is 17.0 Å². The molecule has 5 atom stereocenters. The molecule has 4 aliphatic rings. The number of hydrogen-bond acceptors (Lipinski definition) is 8. The summed E-state index contributed by atoms with van der Waals surface area (Å²) in [7, 11) is -4.28. The van der Waals surface area contributed by atoms with E-state index in [9.17, 15) is 17.6 Å². The van der Waals surface area contributed by atoms with Gasteiger partial charge in [0.1, 0.15) is 23.2 Å². The predicted molar refractivity (Wildman–Crippen MR) is 153 cm³/mol. The number of nitrogens with one attached hydrogen (secondary N) is 1. The number of nitrogen functional groups attached to an aromatic ring is 1. The van der Waals surface area contributed by atoms with Gasteiger partial charge < -0.3 is 15.4 Å². The molecule has 11 heteroatoms. The maximum atomic E-state index is 14.6. The van der Waals surface area contributed by atoms with Gasteiger partial charge in [-0.25, -0.2) is 19.1 Å². The van der Waals surface area contributed by atoms with Crippen LogP contribution >= 0.6 is 0 Å². The molecule has 7 rings (SSSR count). The third kappa shape index (κ3) is 4.15. The van der Waals surface area contributed by atoms with Crippen LogP contribution in [0.3, 0.4) is 0 Å². The second-order valence-electron chi connectivity index (χ2n) is 12.2. The lowest BCUT2D eigenvalue weighted by molar-refractivity contribution is -0.0361. The second kappa shape index (κ2) is 9.14. The number of carbonyl (C=O) groups excluding carboxylic acids is 1. The molecule has 1 amide bonds. The largest absolute Gasteiger partial charge is 0.493 e. The number of nitrogens with two attached hydrogens (primary N) is 1. The van der Waals surface area contributed by atoms with Crippen LogP contribution in [0.25, 0.3) is 11.3 Å². The number of nitrogens with zero attached hydrogens (tertiary/aromatic N) is 3. The highest BCUT2D eigenvalue weighted by Crippen LogP contribution is 2.81. The van der Waals surface area contributed by atoms with Crippen LogP contribution in [0, 0.1) is 34.9 Å². The van der Waals surface area contributed by atoms with Gasteiger partial charge in [0.2, 0.25) is 0 Å². The first kappa shape index (κ1) is 26.2. The number of pyridine rings is 2. The molecule has 9 nitrogen and oxygen atoms in total. The Morgan fingerprint density at radius 2 is 2.02 bits per heavy atom. The zero-order chi connectivity index (χ0) is 28.7. The summed E-state index contributed by atoms with van der Waals surface area (Å²) in [6, 6.07) is 12.1. The van der Waals surface area contributed by atoms with Crippen LogP contribution in [0.2, 0.25) is 0 Å². The van der Waals surface area contributed by atoms with Gasteiger partial charge in [-0.1, -0.05) is 19.9 Å². The summed E-state index contributed by atoms with van der Waals surface area (Å²) in [5.41, 5.74) is 7.25. The molecular weight excluding hydrogens is 545 g/mol. The van der Waals surface area contributed by atoms with Gasteiger partial charge in [-0.2, -0.15) is 8.42 Å². The van der Waals surface area contributed by atoms with E-state index in [1.807, 2.05) is 13.8 Å². The van der Waals surface area contributed by atoms with E-state index in [-0.39, 0.29) is 29.8 Å². The normalized spacial score (nSPS) is 27.3. The number of anilines is 2. The summed E-state index contributed by atoms with van der Waals surface area (Å²) >= 11 is 0. The van der Waals surface area contributed by atoms with Crippen molar-refractivity contribution in [2.75, 3.05) is 23.8 Å². The second-order valence-corrected chi connectivity index (χ2v) is 13.9. The fraction of sp³-hybridized carbons (Fsp3) is 0.433. The number of amides is 1. The van der Waals surface area contributed by atoms with Crippen molar-refractivity contribution in [1.29, 1.82) is 0 Å². The zero-order valence-electron chi connectivity index (χ0n) is 22.9. The molecule has 3 aliphatic carbocycles. The third-order valence-corrected chi connectivity index (χ3v) is 10.6. The van der Waals surface area contributed by atoms with Gasteiger partial charge in [0.05, 0.1) is 17.9 Å². The summed E-state index contributed by atoms with van der Waals surface area (Å²) < 4.78 is 48.5. The lowest BCUT2D eigenvalue weighted by Crippen LogP contribution is -2.73. The first-order valence-corrected chi connectivity index (χ1v) is 15.6. The fourth-order valence-electron chi connectivity index (χ4n) is 7.55. The fourth-order valence-corrected chi connectivity index (χ4v) is 8.49. The van der Waals surface area contributed by atoms with Gasteiger partial charge in [-0.05, 0) is 78.8 Å². The Bertz CT molecular complexity index is 1690. The van der Waals surface area contributed by atoms with Gasteiger partial charge in [0, 0.05) is 31.6 Å². The van der Waals surface area contributed by atoms with Gasteiger partial charge in [0.15, 0.2) is 5.03 Å². The molecule has 3 saturated carbocycles. The van der Waals surface area contributed by atoms with E-state index < -0.39 is 21.7 Å². The number of hydrogen-bond donors (Lipinski definition) is 2. The molecule has 1 aromatic carbocycles. The van der Waals surface area contributed by atoms with Crippen LogP contribution in [0.1, 0.15) is 44.9 Å². The number of aromatic nitrogens is 2. The van der Waals surface area contributed by atoms with Gasteiger partial charge >= 0.3 is 0 Å². The van der Waals surface area contributed by atoms with Crippen molar-refractivity contribution in [3.63, 3.8) is 0 Å². The van der Waals surface area contributed by atoms with E-state index >= 15 is 0 Å². The molecule has 216 valence electrons. The molecule has 0 bridgehead atoms. The Labute approximate surface area is 239 Å². The Hall–Kier alpha value is -3.73. The van der Waals surface area contributed by atoms with E-state index in [1.165, 1.54) is 49.6 Å². The molecular formula is C30H34FN5O4S. The summed E-state index contributed by atoms with van der Waals surface area (Å²) in [6.45, 7) is 5.24. The van der Waals surface area contributed by atoms with E-state index in [0.717, 1.165) is 12.5 Å². The number of benzene rings is 1. The molecule has 41 heavy (non-hydrogen) atoms. The Morgan fingerprint density at radius 1 is 1.20 bits per heavy atom. The van der Waals surface area contributed by atoms with Gasteiger partial charge in [-0.3, -0.25) is 4.79 Å². The number of sulfonamides is 1. The van der Waals surface area contributed by atoms with Crippen molar-refractivity contribution < 1.29 is 23.8 Å². The number of fused-ring (bicyclic) bond motifs is 2. The number of ether oxygens (including phenoxy) is 1. The molecule has 2 aromatic heterocycles. The summed E-state index contributed by atoms with van der Waals surface area (Å²) in [6.07, 6.45) is 3.71. The maximum Gasteiger partial charge on any atom is 0.281 e. The number of halogens is 1. The molecule has 0 radical (unpaired) electrons. The van der Waals surface area contributed by atoms with Crippen molar-refractivity contribution in [3.05, 3.63) is 59.9 Å². The van der Waals surface area contributed by atoms with Crippen molar-refractivity contribution in [2.45, 2.75) is 44.2 Å². The first-order chi connectivity index (χ1) is 19.6. The highest BCUT2D eigenvalue weighted by molar-refractivity contribution is 7.90. The van der Waals surface area contributed by atoms with E-state index in [0.29, 0.717) is 46.7 Å². The monoisotopic (exact) mass is 579 g/mol. The Kier molecular flexibility index (Phi) is 5.84. The highest BCUT2D eigenvalue weighted by atomic mass is 32.2. The van der Waals surface area contributed by atoms with E-state index in [1.54, 1.807) is 18.2 Å². The van der Waals surface area contributed by atoms with Crippen LogP contribution in [0.15, 0.2) is 53.6 Å². The minimum atomic E-state index is -4.28. The zero-order valence-corrected chi connectivity index (χ0v) is 23.7. The van der Waals surface area contributed by atoms with Crippen LogP contribution in [-0.4, -0.2) is 43.5 Å². The van der Waals surface area contributed by atoms with E-state index in [2.05, 4.69) is 14.6 Å². The SMILES string of the molecule is CC(C)COc1cc(F)cc(-c2ccc(C(=O)NS(=O)(=O)c3cccc(N)n3)c(N3CC4C3C3CCC5CC534)n2)c1.[HH]. The molecule has 1 aliphatic heterocycles. The van der Waals surface area contributed by atoms with E-state index in [4.69, 9.17) is 15.5 Å². The standard InChI is InChI=1S/C30H32FN5O4S.H2/c1-16(2)15-40-20-11-17(10-19(31)12-20)24-9-7-21(29(37)35-41(38,39)26-5-3-4-25(32)34-26)28(33-24)36-14-23-27(36)22-8-6-18-13-30(18,22)23;/h3-5,7,9-12,16,18,22-23,27H,6,8,13-15H2,1-2H3,(H2,32,34)(H,35,37);1H. The average Bonchev–Trinajstić information content (AvgIpc) is 3.56. The lowest BCUT2D eigenvalue weighted by atomic mass is 9.53. The Balaban J connectivity index is 0.00000316. The smallest absolute Gasteiger partial charge is 0.281 e. The summed E-state index contributed by atoms with van der Waals surface area (Å²) in [5.74, 6) is 1.81. The average molecular weight is 580 g/mol. The Morgan fingerprint density at radius 3 is 2.78 bits per heavy atom. The van der Waals surface area contributed by atoms with Crippen LogP contribution < -0.4 is 20.1 Å². The number of piperidine rings is 1. The quantitative estimate of drug-likeness (QED) is 0.399. The molecule has 4 fully saturated rings. The predicted octanol–water partition coefficient (Wildman–Crippen LogP) is 4.50. The molecule has 3 heterocycles. The summed E-state index contributed by atoms with van der Waals surface area (Å²) in [5, 5.41) is -0.346. The summed E-state index contributed by atoms with van der Waals surface area (Å²) in [4.78, 5) is 24.4. The molecule has 1 spiro atoms. The van der Waals surface area contributed by atoms with Crippen LogP contribution in [-0.2, 0) is 10.0 Å². The first-order valence-electron chi connectivity index (χ1n) is 14.1. The van der Waals surface area contributed by atoms with Crippen LogP contribution in [0.4, 0.5) is 16.0 Å². The molecule has 1 saturated heterocycles. The van der Waals surface area contributed by atoms with Gasteiger partial charge in [0.25, 0.3) is 15.9 Å². The van der Waals surface area contributed by atoms with Crippen molar-refractivity contribution >= 4 is 27.6 Å². The lowest BCUT2D eigenvalue weighted by Gasteiger charge is -2.66.